The third kappa shape index (κ3) is 3.06. The van der Waals surface area contributed by atoms with Crippen LogP contribution in [0.3, 0.4) is 0 Å². The first-order valence-corrected chi connectivity index (χ1v) is 5.88. The molecule has 2 aromatic rings. The Bertz CT molecular complexity index is 730. The summed E-state index contributed by atoms with van der Waals surface area (Å²) < 4.78 is 0. The number of rotatable bonds is 4. The lowest BCUT2D eigenvalue weighted by molar-refractivity contribution is -0.393. The Morgan fingerprint density at radius 3 is 2.33 bits per heavy atom. The van der Waals surface area contributed by atoms with Crippen LogP contribution in [0.25, 0.3) is 0 Å². The summed E-state index contributed by atoms with van der Waals surface area (Å²) in [5, 5.41) is 34.0. The van der Waals surface area contributed by atoms with Gasteiger partial charge in [0.25, 0.3) is 11.4 Å². The van der Waals surface area contributed by atoms with Crippen LogP contribution < -0.4 is 5.32 Å². The zero-order valence-corrected chi connectivity index (χ0v) is 10.9. The minimum atomic E-state index is -0.701. The molecule has 0 radical (unpaired) electrons. The van der Waals surface area contributed by atoms with Crippen LogP contribution in [0.4, 0.5) is 22.7 Å². The van der Waals surface area contributed by atoms with Gasteiger partial charge in [-0.05, 0) is 24.6 Å². The number of benzene rings is 2. The Hall–Kier alpha value is -3.16. The van der Waals surface area contributed by atoms with Gasteiger partial charge >= 0.3 is 0 Å². The third-order valence-corrected chi connectivity index (χ3v) is 2.88. The topological polar surface area (TPSA) is 119 Å². The van der Waals surface area contributed by atoms with Crippen LogP contribution in [-0.2, 0) is 0 Å². The number of hydrogen-bond donors (Lipinski definition) is 2. The quantitative estimate of drug-likeness (QED) is 0.658. The Morgan fingerprint density at radius 2 is 1.71 bits per heavy atom. The molecule has 0 unspecified atom stereocenters. The molecule has 108 valence electrons. The van der Waals surface area contributed by atoms with E-state index in [-0.39, 0.29) is 17.1 Å². The first-order chi connectivity index (χ1) is 9.88. The number of nitro benzene ring substituents is 2. The predicted octanol–water partition coefficient (Wildman–Crippen LogP) is 3.26. The second-order valence-corrected chi connectivity index (χ2v) is 4.34. The highest BCUT2D eigenvalue weighted by Gasteiger charge is 2.19. The molecule has 0 bridgehead atoms. The molecule has 2 aromatic carbocycles. The van der Waals surface area contributed by atoms with Crippen LogP contribution in [0.5, 0.6) is 5.75 Å². The van der Waals surface area contributed by atoms with Crippen molar-refractivity contribution in [2.24, 2.45) is 0 Å². The molecule has 0 aromatic heterocycles. The molecule has 2 N–H and O–H groups in total. The number of aromatic hydroxyl groups is 1. The summed E-state index contributed by atoms with van der Waals surface area (Å²) in [5.74, 6) is 0.00710. The molecule has 0 aliphatic rings. The number of anilines is 2. The highest BCUT2D eigenvalue weighted by molar-refractivity contribution is 5.73. The number of nitro groups is 2. The summed E-state index contributed by atoms with van der Waals surface area (Å²) in [7, 11) is 0. The zero-order chi connectivity index (χ0) is 15.6. The fourth-order valence-electron chi connectivity index (χ4n) is 1.78. The van der Waals surface area contributed by atoms with E-state index in [0.717, 1.165) is 11.6 Å². The van der Waals surface area contributed by atoms with E-state index in [1.165, 1.54) is 24.3 Å². The van der Waals surface area contributed by atoms with Gasteiger partial charge in [0.05, 0.1) is 15.9 Å². The Kier molecular flexibility index (Phi) is 3.70. The van der Waals surface area contributed by atoms with Gasteiger partial charge < -0.3 is 10.4 Å². The van der Waals surface area contributed by atoms with E-state index in [4.69, 9.17) is 0 Å². The highest BCUT2D eigenvalue weighted by atomic mass is 16.6. The fraction of sp³-hybridized carbons (Fsp3) is 0.0769. The molecule has 8 heteroatoms. The van der Waals surface area contributed by atoms with Crippen LogP contribution in [0.1, 0.15) is 5.56 Å². The van der Waals surface area contributed by atoms with Crippen molar-refractivity contribution in [2.75, 3.05) is 5.32 Å². The van der Waals surface area contributed by atoms with Crippen LogP contribution in [0, 0.1) is 27.2 Å². The van der Waals surface area contributed by atoms with Gasteiger partial charge in [-0.15, -0.1) is 0 Å². The Balaban J connectivity index is 2.46. The summed E-state index contributed by atoms with van der Waals surface area (Å²) >= 11 is 0. The van der Waals surface area contributed by atoms with E-state index in [1.54, 1.807) is 13.0 Å². The number of nitrogens with zero attached hydrogens (tertiary/aromatic N) is 2. The lowest BCUT2D eigenvalue weighted by Crippen LogP contribution is -1.99. The van der Waals surface area contributed by atoms with Crippen molar-refractivity contribution in [2.45, 2.75) is 6.92 Å². The molecule has 8 nitrogen and oxygen atoms in total. The molecule has 0 saturated carbocycles. The second kappa shape index (κ2) is 5.45. The smallest absolute Gasteiger partial charge is 0.299 e. The molecule has 0 aliphatic heterocycles. The van der Waals surface area contributed by atoms with Crippen molar-refractivity contribution in [3.8, 4) is 5.75 Å². The van der Waals surface area contributed by atoms with E-state index < -0.39 is 15.5 Å². The van der Waals surface area contributed by atoms with Crippen LogP contribution in [0.2, 0.25) is 0 Å². The number of aryl methyl sites for hydroxylation is 1. The van der Waals surface area contributed by atoms with Crippen LogP contribution in [0.15, 0.2) is 36.4 Å². The number of phenols is 1. The molecule has 0 fully saturated rings. The lowest BCUT2D eigenvalue weighted by atomic mass is 10.1. The molecule has 0 aliphatic carbocycles. The van der Waals surface area contributed by atoms with Crippen LogP contribution in [-0.4, -0.2) is 15.0 Å². The lowest BCUT2D eigenvalue weighted by Gasteiger charge is -2.10. The molecule has 0 saturated heterocycles. The molecule has 21 heavy (non-hydrogen) atoms. The van der Waals surface area contributed by atoms with Gasteiger partial charge in [-0.3, -0.25) is 20.2 Å². The molecule has 0 heterocycles. The Morgan fingerprint density at radius 1 is 1.00 bits per heavy atom. The predicted molar refractivity (Wildman–Crippen MR) is 75.9 cm³/mol. The van der Waals surface area contributed by atoms with Crippen molar-refractivity contribution in [3.05, 3.63) is 62.2 Å². The standard InChI is InChI=1S/C13H11N3O5/c1-8-2-4-10(17)7-12(8)14-11-5-3-9(15(18)19)6-13(11)16(20)21/h2-7,14,17H,1H3. The number of phenolic OH excluding ortho intramolecular Hbond substituents is 1. The van der Waals surface area contributed by atoms with Crippen molar-refractivity contribution in [3.63, 3.8) is 0 Å². The first-order valence-electron chi connectivity index (χ1n) is 5.88. The fourth-order valence-corrected chi connectivity index (χ4v) is 1.78. The molecular weight excluding hydrogens is 278 g/mol. The van der Waals surface area contributed by atoms with Crippen molar-refractivity contribution in [1.29, 1.82) is 0 Å². The maximum absolute atomic E-state index is 11.0. The van der Waals surface area contributed by atoms with Crippen molar-refractivity contribution < 1.29 is 15.0 Å². The summed E-state index contributed by atoms with van der Waals surface area (Å²) in [6.45, 7) is 1.76. The second-order valence-electron chi connectivity index (χ2n) is 4.34. The van der Waals surface area contributed by atoms with E-state index in [1.807, 2.05) is 0 Å². The summed E-state index contributed by atoms with van der Waals surface area (Å²) in [6.07, 6.45) is 0. The van der Waals surface area contributed by atoms with Gasteiger partial charge in [0.2, 0.25) is 0 Å². The maximum Gasteiger partial charge on any atom is 0.299 e. The normalized spacial score (nSPS) is 10.1. The molecular formula is C13H11N3O5. The number of nitrogens with one attached hydrogen (secondary N) is 1. The number of non-ortho nitro benzene ring substituents is 1. The monoisotopic (exact) mass is 289 g/mol. The van der Waals surface area contributed by atoms with Crippen molar-refractivity contribution >= 4 is 22.7 Å². The summed E-state index contributed by atoms with van der Waals surface area (Å²) in [4.78, 5) is 20.3. The van der Waals surface area contributed by atoms with Gasteiger partial charge in [0.1, 0.15) is 11.4 Å². The van der Waals surface area contributed by atoms with Gasteiger partial charge in [-0.1, -0.05) is 6.07 Å². The first kappa shape index (κ1) is 14.3. The largest absolute Gasteiger partial charge is 0.508 e. The van der Waals surface area contributed by atoms with Gasteiger partial charge in [0.15, 0.2) is 0 Å². The van der Waals surface area contributed by atoms with E-state index in [0.29, 0.717) is 5.69 Å². The van der Waals surface area contributed by atoms with Crippen LogP contribution >= 0.6 is 0 Å². The Labute approximate surface area is 119 Å². The maximum atomic E-state index is 11.0. The molecule has 2 rings (SSSR count). The average molecular weight is 289 g/mol. The van der Waals surface area contributed by atoms with Crippen molar-refractivity contribution in [1.82, 2.24) is 0 Å². The van der Waals surface area contributed by atoms with E-state index in [9.17, 15) is 25.3 Å². The zero-order valence-electron chi connectivity index (χ0n) is 10.9. The minimum absolute atomic E-state index is 0.00710. The SMILES string of the molecule is Cc1ccc(O)cc1Nc1ccc([N+](=O)[O-])cc1[N+](=O)[O-]. The molecule has 0 atom stereocenters. The number of hydrogen-bond acceptors (Lipinski definition) is 6. The summed E-state index contributed by atoms with van der Waals surface area (Å²) in [6, 6.07) is 7.88. The molecule has 0 spiro atoms. The van der Waals surface area contributed by atoms with Gasteiger partial charge in [0, 0.05) is 17.8 Å². The van der Waals surface area contributed by atoms with E-state index >= 15 is 0 Å². The van der Waals surface area contributed by atoms with Gasteiger partial charge in [-0.25, -0.2) is 0 Å². The average Bonchev–Trinajstić information content (AvgIpc) is 2.42. The minimum Gasteiger partial charge on any atom is -0.508 e. The summed E-state index contributed by atoms with van der Waals surface area (Å²) in [5.41, 5.74) is 0.582. The molecule has 0 amide bonds. The highest BCUT2D eigenvalue weighted by Crippen LogP contribution is 2.33. The van der Waals surface area contributed by atoms with E-state index in [2.05, 4.69) is 5.32 Å². The third-order valence-electron chi connectivity index (χ3n) is 2.88. The van der Waals surface area contributed by atoms with Gasteiger partial charge in [-0.2, -0.15) is 0 Å².